The molecule has 0 aliphatic heterocycles. The second kappa shape index (κ2) is 5.17. The quantitative estimate of drug-likeness (QED) is 0.473. The standard InChI is InChI=1S/C11H13N5O2/c12-9-6-10(8-11(7-9)16(17)18)13-3-5-15-4-1-2-14-15/h1-2,4,6-8,13H,3,5,12H2. The summed E-state index contributed by atoms with van der Waals surface area (Å²) in [6.07, 6.45) is 3.55. The summed E-state index contributed by atoms with van der Waals surface area (Å²) in [5, 5.41) is 17.8. The van der Waals surface area contributed by atoms with Gasteiger partial charge in [0.25, 0.3) is 5.69 Å². The number of hydrogen-bond donors (Lipinski definition) is 2. The third-order valence-corrected chi connectivity index (χ3v) is 2.38. The fourth-order valence-corrected chi connectivity index (χ4v) is 1.59. The van der Waals surface area contributed by atoms with Crippen LogP contribution in [0.25, 0.3) is 0 Å². The Morgan fingerprint density at radius 3 is 2.94 bits per heavy atom. The van der Waals surface area contributed by atoms with E-state index >= 15 is 0 Å². The molecule has 0 aliphatic carbocycles. The predicted octanol–water partition coefficient (Wildman–Crippen LogP) is 1.49. The average molecular weight is 247 g/mol. The normalized spacial score (nSPS) is 10.2. The maximum Gasteiger partial charge on any atom is 0.273 e. The molecule has 0 unspecified atom stereocenters. The van der Waals surface area contributed by atoms with Gasteiger partial charge in [0.15, 0.2) is 0 Å². The highest BCUT2D eigenvalue weighted by Gasteiger charge is 2.07. The Hall–Kier alpha value is -2.57. The Bertz CT molecular complexity index is 538. The minimum Gasteiger partial charge on any atom is -0.398 e. The minimum absolute atomic E-state index is 0.0170. The molecule has 1 aromatic carbocycles. The van der Waals surface area contributed by atoms with Gasteiger partial charge in [-0.3, -0.25) is 14.8 Å². The van der Waals surface area contributed by atoms with Gasteiger partial charge in [-0.1, -0.05) is 0 Å². The highest BCUT2D eigenvalue weighted by atomic mass is 16.6. The van der Waals surface area contributed by atoms with Crippen molar-refractivity contribution in [3.05, 3.63) is 46.8 Å². The Morgan fingerprint density at radius 1 is 1.44 bits per heavy atom. The van der Waals surface area contributed by atoms with Gasteiger partial charge in [-0.05, 0) is 12.1 Å². The fourth-order valence-electron chi connectivity index (χ4n) is 1.59. The predicted molar refractivity (Wildman–Crippen MR) is 68.2 cm³/mol. The van der Waals surface area contributed by atoms with Gasteiger partial charge in [0.2, 0.25) is 0 Å². The van der Waals surface area contributed by atoms with Crippen LogP contribution >= 0.6 is 0 Å². The number of benzene rings is 1. The SMILES string of the molecule is Nc1cc(NCCn2cccn2)cc([N+](=O)[O-])c1. The molecule has 0 aliphatic rings. The lowest BCUT2D eigenvalue weighted by Crippen LogP contribution is -2.11. The van der Waals surface area contributed by atoms with Gasteiger partial charge >= 0.3 is 0 Å². The average Bonchev–Trinajstić information content (AvgIpc) is 2.81. The maximum absolute atomic E-state index is 10.7. The number of nitro benzene ring substituents is 1. The Balaban J connectivity index is 1.98. The van der Waals surface area contributed by atoms with Crippen LogP contribution in [-0.4, -0.2) is 21.2 Å². The number of anilines is 2. The van der Waals surface area contributed by atoms with Gasteiger partial charge in [-0.15, -0.1) is 0 Å². The van der Waals surface area contributed by atoms with Crippen molar-refractivity contribution in [2.24, 2.45) is 0 Å². The van der Waals surface area contributed by atoms with Crippen LogP contribution in [0, 0.1) is 10.1 Å². The summed E-state index contributed by atoms with van der Waals surface area (Å²) >= 11 is 0. The first-order valence-electron chi connectivity index (χ1n) is 5.41. The Morgan fingerprint density at radius 2 is 2.28 bits per heavy atom. The monoisotopic (exact) mass is 247 g/mol. The molecule has 0 saturated heterocycles. The third-order valence-electron chi connectivity index (χ3n) is 2.38. The third kappa shape index (κ3) is 2.97. The van der Waals surface area contributed by atoms with Gasteiger partial charge in [-0.25, -0.2) is 0 Å². The van der Waals surface area contributed by atoms with Gasteiger partial charge < -0.3 is 11.1 Å². The first kappa shape index (κ1) is 11.9. The topological polar surface area (TPSA) is 99.0 Å². The highest BCUT2D eigenvalue weighted by molar-refractivity contribution is 5.61. The van der Waals surface area contributed by atoms with E-state index in [9.17, 15) is 10.1 Å². The van der Waals surface area contributed by atoms with Crippen LogP contribution in [0.3, 0.4) is 0 Å². The van der Waals surface area contributed by atoms with Crippen LogP contribution in [0.5, 0.6) is 0 Å². The van der Waals surface area contributed by atoms with Crippen molar-refractivity contribution in [2.45, 2.75) is 6.54 Å². The van der Waals surface area contributed by atoms with E-state index in [0.29, 0.717) is 24.5 Å². The van der Waals surface area contributed by atoms with Crippen LogP contribution in [0.4, 0.5) is 17.1 Å². The summed E-state index contributed by atoms with van der Waals surface area (Å²) in [7, 11) is 0. The molecule has 0 atom stereocenters. The number of nitro groups is 1. The zero-order valence-electron chi connectivity index (χ0n) is 9.61. The van der Waals surface area contributed by atoms with Gasteiger partial charge in [0.1, 0.15) is 0 Å². The van der Waals surface area contributed by atoms with E-state index in [1.54, 1.807) is 16.9 Å². The zero-order chi connectivity index (χ0) is 13.0. The molecular formula is C11H13N5O2. The van der Waals surface area contributed by atoms with Crippen molar-refractivity contribution in [2.75, 3.05) is 17.6 Å². The molecule has 0 amide bonds. The molecule has 1 aromatic heterocycles. The van der Waals surface area contributed by atoms with E-state index in [2.05, 4.69) is 10.4 Å². The van der Waals surface area contributed by atoms with Crippen molar-refractivity contribution in [1.29, 1.82) is 0 Å². The number of hydrogen-bond acceptors (Lipinski definition) is 5. The molecule has 1 heterocycles. The van der Waals surface area contributed by atoms with Crippen molar-refractivity contribution < 1.29 is 4.92 Å². The first-order chi connectivity index (χ1) is 8.65. The van der Waals surface area contributed by atoms with Crippen molar-refractivity contribution in [3.8, 4) is 0 Å². The summed E-state index contributed by atoms with van der Waals surface area (Å²) in [5.41, 5.74) is 6.58. The summed E-state index contributed by atoms with van der Waals surface area (Å²) in [6.45, 7) is 1.29. The Kier molecular flexibility index (Phi) is 3.42. The molecule has 2 aromatic rings. The van der Waals surface area contributed by atoms with Gasteiger partial charge in [0, 0.05) is 42.4 Å². The van der Waals surface area contributed by atoms with Crippen molar-refractivity contribution in [3.63, 3.8) is 0 Å². The summed E-state index contributed by atoms with van der Waals surface area (Å²) in [4.78, 5) is 10.2. The van der Waals surface area contributed by atoms with Crippen LogP contribution in [0.2, 0.25) is 0 Å². The molecule has 94 valence electrons. The molecule has 0 radical (unpaired) electrons. The van der Waals surface area contributed by atoms with Crippen LogP contribution < -0.4 is 11.1 Å². The van der Waals surface area contributed by atoms with E-state index in [1.165, 1.54) is 12.1 Å². The summed E-state index contributed by atoms with van der Waals surface area (Å²) in [6, 6.07) is 6.29. The second-order valence-electron chi connectivity index (χ2n) is 3.77. The lowest BCUT2D eigenvalue weighted by atomic mass is 10.2. The summed E-state index contributed by atoms with van der Waals surface area (Å²) in [5.74, 6) is 0. The highest BCUT2D eigenvalue weighted by Crippen LogP contribution is 2.22. The van der Waals surface area contributed by atoms with Crippen molar-refractivity contribution >= 4 is 17.1 Å². The second-order valence-corrected chi connectivity index (χ2v) is 3.77. The number of aromatic nitrogens is 2. The maximum atomic E-state index is 10.7. The molecule has 0 saturated carbocycles. The summed E-state index contributed by atoms with van der Waals surface area (Å²) < 4.78 is 1.77. The molecule has 0 bridgehead atoms. The minimum atomic E-state index is -0.463. The van der Waals surface area contributed by atoms with E-state index < -0.39 is 4.92 Å². The number of nitrogens with one attached hydrogen (secondary N) is 1. The molecule has 0 spiro atoms. The first-order valence-corrected chi connectivity index (χ1v) is 5.41. The van der Waals surface area contributed by atoms with Crippen LogP contribution in [0.15, 0.2) is 36.7 Å². The number of rotatable bonds is 5. The lowest BCUT2D eigenvalue weighted by Gasteiger charge is -2.07. The van der Waals surface area contributed by atoms with Crippen LogP contribution in [0.1, 0.15) is 0 Å². The van der Waals surface area contributed by atoms with E-state index in [4.69, 9.17) is 5.73 Å². The van der Waals surface area contributed by atoms with Gasteiger partial charge in [0.05, 0.1) is 11.5 Å². The van der Waals surface area contributed by atoms with E-state index in [0.717, 1.165) is 0 Å². The molecule has 18 heavy (non-hydrogen) atoms. The molecule has 0 fully saturated rings. The van der Waals surface area contributed by atoms with E-state index in [1.807, 2.05) is 12.3 Å². The molecular weight excluding hydrogens is 234 g/mol. The van der Waals surface area contributed by atoms with E-state index in [-0.39, 0.29) is 5.69 Å². The number of nitrogens with zero attached hydrogens (tertiary/aromatic N) is 3. The fraction of sp³-hybridized carbons (Fsp3) is 0.182. The van der Waals surface area contributed by atoms with Crippen molar-refractivity contribution in [1.82, 2.24) is 9.78 Å². The molecule has 3 N–H and O–H groups in total. The largest absolute Gasteiger partial charge is 0.398 e. The molecule has 7 heteroatoms. The number of non-ortho nitro benzene ring substituents is 1. The molecule has 2 rings (SSSR count). The Labute approximate surface area is 103 Å². The zero-order valence-corrected chi connectivity index (χ0v) is 9.61. The number of nitrogen functional groups attached to an aromatic ring is 1. The smallest absolute Gasteiger partial charge is 0.273 e. The number of nitrogens with two attached hydrogens (primary N) is 1. The molecule has 7 nitrogen and oxygen atoms in total. The lowest BCUT2D eigenvalue weighted by molar-refractivity contribution is -0.384. The van der Waals surface area contributed by atoms with Gasteiger partial charge in [-0.2, -0.15) is 5.10 Å². The van der Waals surface area contributed by atoms with Crippen LogP contribution in [-0.2, 0) is 6.54 Å².